The van der Waals surface area contributed by atoms with E-state index in [1.165, 1.54) is 0 Å². The highest BCUT2D eigenvalue weighted by Gasteiger charge is 2.24. The summed E-state index contributed by atoms with van der Waals surface area (Å²) in [6.07, 6.45) is 0.499. The van der Waals surface area contributed by atoms with Crippen LogP contribution in [-0.2, 0) is 0 Å². The maximum Gasteiger partial charge on any atom is 0.170 e. The third kappa shape index (κ3) is 1.97. The number of hydrogen-bond donors (Lipinski definition) is 0. The molecule has 3 rings (SSSR count). The minimum atomic E-state index is 0.201. The molecule has 0 bridgehead atoms. The van der Waals surface area contributed by atoms with Gasteiger partial charge in [0.1, 0.15) is 0 Å². The van der Waals surface area contributed by atoms with Gasteiger partial charge in [-0.1, -0.05) is 6.07 Å². The lowest BCUT2D eigenvalue weighted by Gasteiger charge is -2.35. The molecule has 0 N–H and O–H groups in total. The number of hydrogen-bond acceptors (Lipinski definition) is 4. The quantitative estimate of drug-likeness (QED) is 0.750. The average molecular weight is 246 g/mol. The number of anilines is 1. The Morgan fingerprint density at radius 1 is 1.17 bits per heavy atom. The second-order valence-corrected chi connectivity index (χ2v) is 4.97. The highest BCUT2D eigenvalue weighted by molar-refractivity contribution is 6.01. The van der Waals surface area contributed by atoms with E-state index in [4.69, 9.17) is 4.74 Å². The molecule has 0 radical (unpaired) electrons. The van der Waals surface area contributed by atoms with Gasteiger partial charge in [0.2, 0.25) is 0 Å². The summed E-state index contributed by atoms with van der Waals surface area (Å²) >= 11 is 0. The van der Waals surface area contributed by atoms with Crippen LogP contribution in [0.15, 0.2) is 18.2 Å². The molecule has 96 valence electrons. The molecule has 2 heterocycles. The molecular formula is C14H18N2O2. The zero-order chi connectivity index (χ0) is 12.5. The van der Waals surface area contributed by atoms with Crippen molar-refractivity contribution in [3.8, 4) is 5.75 Å². The van der Waals surface area contributed by atoms with Gasteiger partial charge in [-0.25, -0.2) is 0 Å². The first-order valence-corrected chi connectivity index (χ1v) is 6.48. The monoisotopic (exact) mass is 246 g/mol. The van der Waals surface area contributed by atoms with E-state index in [-0.39, 0.29) is 5.78 Å². The van der Waals surface area contributed by atoms with Gasteiger partial charge in [-0.3, -0.25) is 4.79 Å². The summed E-state index contributed by atoms with van der Waals surface area (Å²) in [6.45, 7) is 4.60. The molecule has 18 heavy (non-hydrogen) atoms. The minimum Gasteiger partial charge on any atom is -0.490 e. The van der Waals surface area contributed by atoms with Gasteiger partial charge >= 0.3 is 0 Å². The summed E-state index contributed by atoms with van der Waals surface area (Å²) in [6, 6.07) is 5.89. The Labute approximate surface area is 107 Å². The van der Waals surface area contributed by atoms with Crippen molar-refractivity contribution >= 4 is 11.5 Å². The fourth-order valence-electron chi connectivity index (χ4n) is 2.57. The molecule has 2 aliphatic heterocycles. The second kappa shape index (κ2) is 4.61. The third-order valence-electron chi connectivity index (χ3n) is 3.71. The summed E-state index contributed by atoms with van der Waals surface area (Å²) in [4.78, 5) is 16.5. The summed E-state index contributed by atoms with van der Waals surface area (Å²) in [5.41, 5.74) is 1.83. The number of ether oxygens (including phenoxy) is 1. The van der Waals surface area contributed by atoms with Crippen LogP contribution in [0.4, 0.5) is 5.69 Å². The molecule has 4 heteroatoms. The molecule has 0 saturated carbocycles. The van der Waals surface area contributed by atoms with E-state index in [1.807, 2.05) is 12.1 Å². The number of benzene rings is 1. The topological polar surface area (TPSA) is 32.8 Å². The average Bonchev–Trinajstić information content (AvgIpc) is 2.40. The molecule has 0 amide bonds. The zero-order valence-corrected chi connectivity index (χ0v) is 10.7. The smallest absolute Gasteiger partial charge is 0.170 e. The number of piperazine rings is 1. The Kier molecular flexibility index (Phi) is 2.96. The summed E-state index contributed by atoms with van der Waals surface area (Å²) in [7, 11) is 2.14. The maximum absolute atomic E-state index is 11.9. The van der Waals surface area contributed by atoms with Crippen LogP contribution in [0.2, 0.25) is 0 Å². The summed E-state index contributed by atoms with van der Waals surface area (Å²) < 4.78 is 5.73. The first kappa shape index (κ1) is 11.5. The molecule has 0 aromatic heterocycles. The second-order valence-electron chi connectivity index (χ2n) is 4.97. The largest absolute Gasteiger partial charge is 0.490 e. The lowest BCUT2D eigenvalue weighted by atomic mass is 10.0. The van der Waals surface area contributed by atoms with Gasteiger partial charge in [-0.2, -0.15) is 0 Å². The van der Waals surface area contributed by atoms with Crippen molar-refractivity contribution in [3.05, 3.63) is 23.8 Å². The van der Waals surface area contributed by atoms with Gasteiger partial charge in [-0.15, -0.1) is 0 Å². The minimum absolute atomic E-state index is 0.201. The van der Waals surface area contributed by atoms with Crippen molar-refractivity contribution in [2.24, 2.45) is 0 Å². The summed E-state index contributed by atoms with van der Waals surface area (Å²) in [5.74, 6) is 0.991. The van der Waals surface area contributed by atoms with Gasteiger partial charge in [0.15, 0.2) is 11.5 Å². The molecule has 0 unspecified atom stereocenters. The molecule has 1 aromatic carbocycles. The Morgan fingerprint density at radius 2 is 1.94 bits per heavy atom. The Hall–Kier alpha value is -1.55. The van der Waals surface area contributed by atoms with Crippen molar-refractivity contribution in [2.75, 3.05) is 44.7 Å². The lowest BCUT2D eigenvalue weighted by Crippen LogP contribution is -2.44. The van der Waals surface area contributed by atoms with Crippen LogP contribution >= 0.6 is 0 Å². The van der Waals surface area contributed by atoms with E-state index in [0.717, 1.165) is 43.2 Å². The molecule has 1 aromatic rings. The van der Waals surface area contributed by atoms with Crippen LogP contribution in [0.5, 0.6) is 5.75 Å². The van der Waals surface area contributed by atoms with E-state index in [2.05, 4.69) is 22.9 Å². The third-order valence-corrected chi connectivity index (χ3v) is 3.71. The van der Waals surface area contributed by atoms with Gasteiger partial charge in [0.25, 0.3) is 0 Å². The van der Waals surface area contributed by atoms with Crippen LogP contribution in [0.25, 0.3) is 0 Å². The van der Waals surface area contributed by atoms with E-state index in [9.17, 15) is 4.79 Å². The van der Waals surface area contributed by atoms with Gasteiger partial charge < -0.3 is 14.5 Å². The Morgan fingerprint density at radius 3 is 2.72 bits per heavy atom. The van der Waals surface area contributed by atoms with E-state index in [1.54, 1.807) is 0 Å². The van der Waals surface area contributed by atoms with E-state index in [0.29, 0.717) is 13.0 Å². The first-order valence-electron chi connectivity index (χ1n) is 6.48. The Balaban J connectivity index is 1.93. The standard InChI is InChI=1S/C14H18N2O2/c1-15-6-8-16(9-7-15)12-4-2-3-11-13(17)5-10-18-14(11)12/h2-4H,5-10H2,1H3. The molecule has 0 aliphatic carbocycles. The number of para-hydroxylation sites is 1. The van der Waals surface area contributed by atoms with Crippen molar-refractivity contribution in [1.82, 2.24) is 4.90 Å². The number of likely N-dealkylation sites (N-methyl/N-ethyl adjacent to an activating group) is 1. The predicted octanol–water partition coefficient (Wildman–Crippen LogP) is 1.40. The molecule has 4 nitrogen and oxygen atoms in total. The van der Waals surface area contributed by atoms with E-state index < -0.39 is 0 Å². The fourth-order valence-corrected chi connectivity index (χ4v) is 2.57. The molecule has 1 fully saturated rings. The normalized spacial score (nSPS) is 20.5. The molecule has 0 atom stereocenters. The molecular weight excluding hydrogens is 228 g/mol. The van der Waals surface area contributed by atoms with Crippen LogP contribution < -0.4 is 9.64 Å². The van der Waals surface area contributed by atoms with E-state index >= 15 is 0 Å². The molecule has 1 saturated heterocycles. The van der Waals surface area contributed by atoms with Crippen molar-refractivity contribution in [1.29, 1.82) is 0 Å². The number of carbonyl (C=O) groups excluding carboxylic acids is 1. The number of carbonyl (C=O) groups is 1. The maximum atomic E-state index is 11.9. The van der Waals surface area contributed by atoms with Crippen LogP contribution in [0.3, 0.4) is 0 Å². The Bertz CT molecular complexity index is 465. The van der Waals surface area contributed by atoms with Crippen LogP contribution in [0.1, 0.15) is 16.8 Å². The van der Waals surface area contributed by atoms with Crippen LogP contribution in [0, 0.1) is 0 Å². The van der Waals surface area contributed by atoms with Crippen molar-refractivity contribution < 1.29 is 9.53 Å². The molecule has 0 spiro atoms. The fraction of sp³-hybridized carbons (Fsp3) is 0.500. The number of nitrogens with zero attached hydrogens (tertiary/aromatic N) is 2. The van der Waals surface area contributed by atoms with Gasteiger partial charge in [0.05, 0.1) is 17.9 Å². The number of rotatable bonds is 1. The highest BCUT2D eigenvalue weighted by atomic mass is 16.5. The first-order chi connectivity index (χ1) is 8.75. The molecule has 2 aliphatic rings. The van der Waals surface area contributed by atoms with Crippen molar-refractivity contribution in [2.45, 2.75) is 6.42 Å². The van der Waals surface area contributed by atoms with Crippen molar-refractivity contribution in [3.63, 3.8) is 0 Å². The SMILES string of the molecule is CN1CCN(c2cccc3c2OCCC3=O)CC1. The number of fused-ring (bicyclic) bond motifs is 1. The predicted molar refractivity (Wildman–Crippen MR) is 70.6 cm³/mol. The van der Waals surface area contributed by atoms with Gasteiger partial charge in [-0.05, 0) is 19.2 Å². The zero-order valence-electron chi connectivity index (χ0n) is 10.7. The highest BCUT2D eigenvalue weighted by Crippen LogP contribution is 2.35. The van der Waals surface area contributed by atoms with Gasteiger partial charge in [0, 0.05) is 32.6 Å². The lowest BCUT2D eigenvalue weighted by molar-refractivity contribution is 0.0933. The van der Waals surface area contributed by atoms with Crippen LogP contribution in [-0.4, -0.2) is 50.5 Å². The number of ketones is 1. The number of Topliss-reactive ketones (excluding diaryl/α,β-unsaturated/α-hetero) is 1. The summed E-state index contributed by atoms with van der Waals surface area (Å²) in [5, 5.41) is 0.